The van der Waals surface area contributed by atoms with Crippen molar-refractivity contribution in [3.8, 4) is 0 Å². The molecular formula is C25H28N2O6. The van der Waals surface area contributed by atoms with E-state index in [4.69, 9.17) is 9.47 Å². The quantitative estimate of drug-likeness (QED) is 0.616. The van der Waals surface area contributed by atoms with Gasteiger partial charge in [-0.2, -0.15) is 0 Å². The molecule has 174 valence electrons. The van der Waals surface area contributed by atoms with Crippen LogP contribution in [-0.2, 0) is 23.9 Å². The van der Waals surface area contributed by atoms with E-state index in [-0.39, 0.29) is 18.9 Å². The number of rotatable bonds is 8. The van der Waals surface area contributed by atoms with Crippen molar-refractivity contribution >= 4 is 35.1 Å². The van der Waals surface area contributed by atoms with Gasteiger partial charge in [0, 0.05) is 24.3 Å². The molecule has 0 spiro atoms. The van der Waals surface area contributed by atoms with E-state index in [2.05, 4.69) is 5.32 Å². The summed E-state index contributed by atoms with van der Waals surface area (Å²) < 4.78 is 10.3. The number of carbonyl (C=O) groups is 4. The molecule has 1 N–H and O–H groups in total. The molecule has 33 heavy (non-hydrogen) atoms. The number of anilines is 2. The van der Waals surface area contributed by atoms with Gasteiger partial charge in [-0.05, 0) is 61.7 Å². The first-order chi connectivity index (χ1) is 15.8. The minimum absolute atomic E-state index is 0.00225. The fraction of sp³-hybridized carbons (Fsp3) is 0.360. The van der Waals surface area contributed by atoms with Crippen LogP contribution in [0.4, 0.5) is 11.4 Å². The summed E-state index contributed by atoms with van der Waals surface area (Å²) in [5, 5.41) is 2.74. The van der Waals surface area contributed by atoms with Crippen LogP contribution in [-0.4, -0.2) is 43.5 Å². The molecule has 8 heteroatoms. The minimum Gasteiger partial charge on any atom is -0.462 e. The molecule has 1 heterocycles. The van der Waals surface area contributed by atoms with E-state index in [0.717, 1.165) is 17.5 Å². The lowest BCUT2D eigenvalue weighted by atomic mass is 10.1. The summed E-state index contributed by atoms with van der Waals surface area (Å²) in [5.41, 5.74) is 3.62. The number of hydrogen-bond acceptors (Lipinski definition) is 6. The van der Waals surface area contributed by atoms with E-state index < -0.39 is 30.4 Å². The van der Waals surface area contributed by atoms with E-state index in [1.54, 1.807) is 30.3 Å². The molecule has 1 aliphatic heterocycles. The predicted molar refractivity (Wildman–Crippen MR) is 123 cm³/mol. The summed E-state index contributed by atoms with van der Waals surface area (Å²) >= 11 is 0. The Balaban J connectivity index is 1.53. The predicted octanol–water partition coefficient (Wildman–Crippen LogP) is 3.41. The van der Waals surface area contributed by atoms with Crippen molar-refractivity contribution in [1.29, 1.82) is 0 Å². The molecule has 1 atom stereocenters. The minimum atomic E-state index is -0.666. The van der Waals surface area contributed by atoms with Gasteiger partial charge in [-0.15, -0.1) is 0 Å². The first-order valence-electron chi connectivity index (χ1n) is 10.9. The van der Waals surface area contributed by atoms with Crippen molar-refractivity contribution in [2.24, 2.45) is 5.92 Å². The Bertz CT molecular complexity index is 1050. The first-order valence-corrected chi connectivity index (χ1v) is 10.9. The number of nitrogens with zero attached hydrogens (tertiary/aromatic N) is 1. The van der Waals surface area contributed by atoms with Gasteiger partial charge in [0.05, 0.1) is 18.1 Å². The third-order valence-corrected chi connectivity index (χ3v) is 5.53. The molecule has 3 rings (SSSR count). The van der Waals surface area contributed by atoms with E-state index in [0.29, 0.717) is 23.5 Å². The lowest BCUT2D eigenvalue weighted by Gasteiger charge is -2.17. The van der Waals surface area contributed by atoms with Crippen molar-refractivity contribution in [2.45, 2.75) is 33.6 Å². The molecule has 1 aliphatic rings. The molecule has 0 unspecified atom stereocenters. The third-order valence-electron chi connectivity index (χ3n) is 5.53. The lowest BCUT2D eigenvalue weighted by molar-refractivity contribution is -0.151. The van der Waals surface area contributed by atoms with Gasteiger partial charge in [-0.3, -0.25) is 14.4 Å². The van der Waals surface area contributed by atoms with E-state index >= 15 is 0 Å². The average molecular weight is 453 g/mol. The molecule has 8 nitrogen and oxygen atoms in total. The summed E-state index contributed by atoms with van der Waals surface area (Å²) in [6.45, 7) is 5.82. The van der Waals surface area contributed by atoms with Crippen molar-refractivity contribution < 1.29 is 28.7 Å². The summed E-state index contributed by atoms with van der Waals surface area (Å²) in [5.74, 6) is -2.35. The van der Waals surface area contributed by atoms with Gasteiger partial charge in [0.1, 0.15) is 0 Å². The number of amides is 2. The lowest BCUT2D eigenvalue weighted by Crippen LogP contribution is -2.28. The number of nitrogens with one attached hydrogen (secondary N) is 1. The third kappa shape index (κ3) is 5.97. The largest absolute Gasteiger partial charge is 0.462 e. The fourth-order valence-electron chi connectivity index (χ4n) is 3.50. The fourth-order valence-corrected chi connectivity index (χ4v) is 3.50. The van der Waals surface area contributed by atoms with Crippen LogP contribution in [0.15, 0.2) is 42.5 Å². The molecule has 1 saturated heterocycles. The second kappa shape index (κ2) is 10.8. The monoisotopic (exact) mass is 452 g/mol. The number of esters is 2. The van der Waals surface area contributed by atoms with Gasteiger partial charge in [0.15, 0.2) is 6.61 Å². The highest BCUT2D eigenvalue weighted by atomic mass is 16.5. The molecule has 1 fully saturated rings. The summed E-state index contributed by atoms with van der Waals surface area (Å²) in [4.78, 5) is 50.5. The van der Waals surface area contributed by atoms with Gasteiger partial charge in [-0.25, -0.2) is 4.79 Å². The Morgan fingerprint density at radius 3 is 2.48 bits per heavy atom. The Morgan fingerprint density at radius 2 is 1.79 bits per heavy atom. The number of aryl methyl sites for hydroxylation is 1. The van der Waals surface area contributed by atoms with E-state index in [9.17, 15) is 19.2 Å². The molecule has 0 aliphatic carbocycles. The highest BCUT2D eigenvalue weighted by Crippen LogP contribution is 2.26. The van der Waals surface area contributed by atoms with Crippen molar-refractivity contribution in [3.63, 3.8) is 0 Å². The highest BCUT2D eigenvalue weighted by molar-refractivity contribution is 6.00. The molecule has 0 aromatic heterocycles. The number of benzene rings is 2. The zero-order valence-electron chi connectivity index (χ0n) is 19.1. The normalized spacial score (nSPS) is 15.3. The Kier molecular flexibility index (Phi) is 7.82. The van der Waals surface area contributed by atoms with Crippen LogP contribution in [0.3, 0.4) is 0 Å². The van der Waals surface area contributed by atoms with Crippen LogP contribution in [0, 0.1) is 19.8 Å². The highest BCUT2D eigenvalue weighted by Gasteiger charge is 2.36. The second-order valence-corrected chi connectivity index (χ2v) is 7.99. The van der Waals surface area contributed by atoms with Gasteiger partial charge in [0.25, 0.3) is 5.91 Å². The van der Waals surface area contributed by atoms with Gasteiger partial charge in [-0.1, -0.05) is 19.1 Å². The Hall–Kier alpha value is -3.68. The molecule has 2 aromatic rings. The SMILES string of the molecule is CCCOC(=O)c1ccc(N2C[C@@H](C(=O)OCC(=O)Nc3cccc(C)c3C)CC2=O)cc1. The molecule has 2 amide bonds. The molecule has 0 bridgehead atoms. The number of ether oxygens (including phenoxy) is 2. The average Bonchev–Trinajstić information content (AvgIpc) is 3.20. The Morgan fingerprint density at radius 1 is 1.06 bits per heavy atom. The van der Waals surface area contributed by atoms with Gasteiger partial charge < -0.3 is 19.7 Å². The van der Waals surface area contributed by atoms with Crippen LogP contribution < -0.4 is 10.2 Å². The smallest absolute Gasteiger partial charge is 0.338 e. The van der Waals surface area contributed by atoms with E-state index in [1.165, 1.54) is 4.90 Å². The van der Waals surface area contributed by atoms with Gasteiger partial charge in [0.2, 0.25) is 5.91 Å². The molecular weight excluding hydrogens is 424 g/mol. The van der Waals surface area contributed by atoms with Crippen LogP contribution in [0.1, 0.15) is 41.3 Å². The second-order valence-electron chi connectivity index (χ2n) is 7.99. The maximum atomic E-state index is 12.4. The van der Waals surface area contributed by atoms with Crippen molar-refractivity contribution in [1.82, 2.24) is 0 Å². The van der Waals surface area contributed by atoms with Crippen LogP contribution in [0.25, 0.3) is 0 Å². The van der Waals surface area contributed by atoms with Crippen LogP contribution in [0.5, 0.6) is 0 Å². The summed E-state index contributed by atoms with van der Waals surface area (Å²) in [6.07, 6.45) is 0.731. The standard InChI is InChI=1S/C25H28N2O6/c1-4-12-32-24(30)18-8-10-20(11-9-18)27-14-19(13-23(27)29)25(31)33-15-22(28)26-21-7-5-6-16(2)17(21)3/h5-11,19H,4,12-15H2,1-3H3,(H,26,28)/t19-/m0/s1. The molecule has 0 saturated carbocycles. The summed E-state index contributed by atoms with van der Waals surface area (Å²) in [6, 6.07) is 12.0. The van der Waals surface area contributed by atoms with E-state index in [1.807, 2.05) is 32.9 Å². The molecule has 2 aromatic carbocycles. The topological polar surface area (TPSA) is 102 Å². The zero-order valence-corrected chi connectivity index (χ0v) is 19.1. The summed E-state index contributed by atoms with van der Waals surface area (Å²) in [7, 11) is 0. The number of hydrogen-bond donors (Lipinski definition) is 1. The Labute approximate surface area is 192 Å². The number of carbonyl (C=O) groups excluding carboxylic acids is 4. The first kappa shape index (κ1) is 24.0. The van der Waals surface area contributed by atoms with Crippen molar-refractivity contribution in [3.05, 3.63) is 59.2 Å². The maximum Gasteiger partial charge on any atom is 0.338 e. The van der Waals surface area contributed by atoms with Crippen molar-refractivity contribution in [2.75, 3.05) is 30.0 Å². The van der Waals surface area contributed by atoms with Gasteiger partial charge >= 0.3 is 11.9 Å². The zero-order chi connectivity index (χ0) is 24.0. The maximum absolute atomic E-state index is 12.4. The van der Waals surface area contributed by atoms with Crippen LogP contribution in [0.2, 0.25) is 0 Å². The van der Waals surface area contributed by atoms with Crippen LogP contribution >= 0.6 is 0 Å². The molecule has 0 radical (unpaired) electrons.